The van der Waals surface area contributed by atoms with Gasteiger partial charge in [0.1, 0.15) is 0 Å². The normalized spacial score (nSPS) is 12.1. The molecule has 0 fully saturated rings. The van der Waals surface area contributed by atoms with Crippen molar-refractivity contribution in [2.45, 2.75) is 6.54 Å². The molecule has 0 bridgehead atoms. The maximum atomic E-state index is 13.7. The minimum Gasteiger partial charge on any atom is -0.379 e. The molecule has 2 N–H and O–H groups in total. The predicted molar refractivity (Wildman–Crippen MR) is 133 cm³/mol. The molecule has 162 valence electrons. The summed E-state index contributed by atoms with van der Waals surface area (Å²) in [5, 5.41) is 6.63. The van der Waals surface area contributed by atoms with Crippen molar-refractivity contribution in [2.24, 2.45) is 0 Å². The molecule has 33 heavy (non-hydrogen) atoms. The Morgan fingerprint density at radius 1 is 0.788 bits per heavy atom. The van der Waals surface area contributed by atoms with E-state index in [1.165, 1.54) is 0 Å². The first-order valence-electron chi connectivity index (χ1n) is 10.5. The van der Waals surface area contributed by atoms with E-state index in [1.54, 1.807) is 53.4 Å². The quantitative estimate of drug-likeness (QED) is 0.372. The average Bonchev–Trinajstić information content (AvgIpc) is 3.01. The first-order chi connectivity index (χ1) is 16.1. The van der Waals surface area contributed by atoms with E-state index in [9.17, 15) is 9.59 Å². The molecule has 5 rings (SSSR count). The molecule has 0 atom stereocenters. The number of hydrogen-bond donors (Lipinski definition) is 2. The van der Waals surface area contributed by atoms with Gasteiger partial charge in [0.2, 0.25) is 0 Å². The van der Waals surface area contributed by atoms with Crippen molar-refractivity contribution in [3.63, 3.8) is 0 Å². The second kappa shape index (κ2) is 8.81. The SMILES string of the molecule is O=C(Nc1ccc(C(=O)N2c3ccccc3CNc3ccccc32)cc1)c1ccccc1Cl. The zero-order valence-corrected chi connectivity index (χ0v) is 18.3. The van der Waals surface area contributed by atoms with Crippen molar-refractivity contribution in [3.8, 4) is 0 Å². The highest BCUT2D eigenvalue weighted by Gasteiger charge is 2.26. The minimum absolute atomic E-state index is 0.150. The number of amides is 2. The minimum atomic E-state index is -0.305. The second-order valence-electron chi connectivity index (χ2n) is 7.65. The van der Waals surface area contributed by atoms with Gasteiger partial charge in [-0.3, -0.25) is 14.5 Å². The van der Waals surface area contributed by atoms with Gasteiger partial charge in [-0.15, -0.1) is 0 Å². The highest BCUT2D eigenvalue weighted by Crippen LogP contribution is 2.38. The van der Waals surface area contributed by atoms with E-state index in [-0.39, 0.29) is 11.8 Å². The van der Waals surface area contributed by atoms with Crippen LogP contribution in [0.3, 0.4) is 0 Å². The Morgan fingerprint density at radius 3 is 2.24 bits per heavy atom. The van der Waals surface area contributed by atoms with Gasteiger partial charge in [0, 0.05) is 17.8 Å². The topological polar surface area (TPSA) is 61.4 Å². The number of nitrogens with one attached hydrogen (secondary N) is 2. The molecule has 1 heterocycles. The fourth-order valence-electron chi connectivity index (χ4n) is 3.90. The summed E-state index contributed by atoms with van der Waals surface area (Å²) in [4.78, 5) is 27.9. The largest absolute Gasteiger partial charge is 0.379 e. The van der Waals surface area contributed by atoms with E-state index in [1.807, 2.05) is 48.5 Å². The summed E-state index contributed by atoms with van der Waals surface area (Å²) in [6.07, 6.45) is 0. The molecule has 0 aliphatic carbocycles. The molecule has 0 unspecified atom stereocenters. The van der Waals surface area contributed by atoms with Crippen molar-refractivity contribution in [3.05, 3.63) is 119 Å². The van der Waals surface area contributed by atoms with Crippen LogP contribution < -0.4 is 15.5 Å². The maximum Gasteiger partial charge on any atom is 0.262 e. The molecule has 1 aliphatic heterocycles. The standard InChI is InChI=1S/C27H20ClN3O2/c28-22-9-3-2-8-21(22)26(32)30-20-15-13-18(14-16-20)27(33)31-24-11-5-1-7-19(24)17-29-23-10-4-6-12-25(23)31/h1-16,29H,17H2,(H,30,32). The zero-order chi connectivity index (χ0) is 22.8. The number of nitrogens with zero attached hydrogens (tertiary/aromatic N) is 1. The summed E-state index contributed by atoms with van der Waals surface area (Å²) in [5.41, 5.74) is 5.05. The van der Waals surface area contributed by atoms with Gasteiger partial charge in [-0.2, -0.15) is 0 Å². The number of halogens is 1. The van der Waals surface area contributed by atoms with E-state index >= 15 is 0 Å². The van der Waals surface area contributed by atoms with Gasteiger partial charge in [0.25, 0.3) is 11.8 Å². The molecule has 6 heteroatoms. The van der Waals surface area contributed by atoms with Crippen LogP contribution in [0.25, 0.3) is 0 Å². The molecule has 0 saturated carbocycles. The number of anilines is 4. The fourth-order valence-corrected chi connectivity index (χ4v) is 4.13. The Morgan fingerprint density at radius 2 is 1.45 bits per heavy atom. The van der Waals surface area contributed by atoms with Crippen LogP contribution in [0.4, 0.5) is 22.7 Å². The Balaban J connectivity index is 1.45. The van der Waals surface area contributed by atoms with Crippen LogP contribution in [0, 0.1) is 0 Å². The van der Waals surface area contributed by atoms with Gasteiger partial charge < -0.3 is 10.6 Å². The van der Waals surface area contributed by atoms with Crippen LogP contribution in [-0.2, 0) is 6.54 Å². The number of fused-ring (bicyclic) bond motifs is 2. The molecule has 4 aromatic rings. The van der Waals surface area contributed by atoms with Crippen LogP contribution in [0.5, 0.6) is 0 Å². The van der Waals surface area contributed by atoms with Gasteiger partial charge in [-0.25, -0.2) is 0 Å². The van der Waals surface area contributed by atoms with Crippen LogP contribution >= 0.6 is 11.6 Å². The molecular formula is C27H20ClN3O2. The highest BCUT2D eigenvalue weighted by molar-refractivity contribution is 6.34. The van der Waals surface area contributed by atoms with E-state index in [0.29, 0.717) is 28.4 Å². The lowest BCUT2D eigenvalue weighted by Crippen LogP contribution is -2.26. The van der Waals surface area contributed by atoms with Gasteiger partial charge >= 0.3 is 0 Å². The van der Waals surface area contributed by atoms with E-state index < -0.39 is 0 Å². The van der Waals surface area contributed by atoms with Crippen LogP contribution in [0.15, 0.2) is 97.1 Å². The van der Waals surface area contributed by atoms with Crippen molar-refractivity contribution in [1.29, 1.82) is 0 Å². The van der Waals surface area contributed by atoms with Crippen LogP contribution in [-0.4, -0.2) is 11.8 Å². The fraction of sp³-hybridized carbons (Fsp3) is 0.0370. The summed E-state index contributed by atoms with van der Waals surface area (Å²) >= 11 is 6.12. The first-order valence-corrected chi connectivity index (χ1v) is 10.9. The molecular weight excluding hydrogens is 434 g/mol. The smallest absolute Gasteiger partial charge is 0.262 e. The molecule has 0 aromatic heterocycles. The van der Waals surface area contributed by atoms with E-state index in [0.717, 1.165) is 22.6 Å². The van der Waals surface area contributed by atoms with Gasteiger partial charge in [0.05, 0.1) is 27.6 Å². The lowest BCUT2D eigenvalue weighted by atomic mass is 10.1. The number of carbonyl (C=O) groups excluding carboxylic acids is 2. The van der Waals surface area contributed by atoms with Crippen LogP contribution in [0.2, 0.25) is 5.02 Å². The third kappa shape index (κ3) is 4.06. The summed E-state index contributed by atoms with van der Waals surface area (Å²) < 4.78 is 0. The van der Waals surface area contributed by atoms with E-state index in [4.69, 9.17) is 11.6 Å². The first kappa shape index (κ1) is 20.8. The highest BCUT2D eigenvalue weighted by atomic mass is 35.5. The summed E-state index contributed by atoms with van der Waals surface area (Å²) in [6.45, 7) is 0.629. The lowest BCUT2D eigenvalue weighted by molar-refractivity contribution is 0.0997. The summed E-state index contributed by atoms with van der Waals surface area (Å²) in [6, 6.07) is 29.4. The molecule has 0 spiro atoms. The molecule has 2 amide bonds. The molecule has 1 aliphatic rings. The third-order valence-corrected chi connectivity index (χ3v) is 5.89. The molecule has 0 saturated heterocycles. The number of hydrogen-bond acceptors (Lipinski definition) is 3. The van der Waals surface area contributed by atoms with Gasteiger partial charge in [-0.05, 0) is 60.2 Å². The Hall–Kier alpha value is -4.09. The molecule has 0 radical (unpaired) electrons. The summed E-state index contributed by atoms with van der Waals surface area (Å²) in [7, 11) is 0. The number of rotatable bonds is 3. The Kier molecular flexibility index (Phi) is 5.55. The number of para-hydroxylation sites is 3. The monoisotopic (exact) mass is 453 g/mol. The zero-order valence-electron chi connectivity index (χ0n) is 17.6. The number of benzene rings is 4. The second-order valence-corrected chi connectivity index (χ2v) is 8.06. The van der Waals surface area contributed by atoms with Crippen molar-refractivity contribution < 1.29 is 9.59 Å². The molecule has 5 nitrogen and oxygen atoms in total. The van der Waals surface area contributed by atoms with Crippen molar-refractivity contribution in [2.75, 3.05) is 15.5 Å². The van der Waals surface area contributed by atoms with Crippen molar-refractivity contribution >= 4 is 46.2 Å². The third-order valence-electron chi connectivity index (χ3n) is 5.56. The number of carbonyl (C=O) groups is 2. The van der Waals surface area contributed by atoms with Crippen LogP contribution in [0.1, 0.15) is 26.3 Å². The Labute approximate surface area is 196 Å². The average molecular weight is 454 g/mol. The predicted octanol–water partition coefficient (Wildman–Crippen LogP) is 6.50. The molecule has 4 aromatic carbocycles. The van der Waals surface area contributed by atoms with Gasteiger partial charge in [0.15, 0.2) is 0 Å². The Bertz CT molecular complexity index is 1300. The lowest BCUT2D eigenvalue weighted by Gasteiger charge is -2.24. The van der Waals surface area contributed by atoms with Gasteiger partial charge in [-0.1, -0.05) is 54.1 Å². The summed E-state index contributed by atoms with van der Waals surface area (Å²) in [5.74, 6) is -0.455. The van der Waals surface area contributed by atoms with Crippen molar-refractivity contribution in [1.82, 2.24) is 0 Å². The maximum absolute atomic E-state index is 13.7. The van der Waals surface area contributed by atoms with E-state index in [2.05, 4.69) is 10.6 Å².